The lowest BCUT2D eigenvalue weighted by molar-refractivity contribution is -0.207. The Bertz CT molecular complexity index is 1140. The van der Waals surface area contributed by atoms with Crippen LogP contribution >= 0.6 is 0 Å². The lowest BCUT2D eigenvalue weighted by atomic mass is 9.93. The SMILES string of the molecule is BCc1ccc(-c2ccc(-c3ccc(C4OCC(CCCCCCC)CO4)c(F)c3)cc2)c(F)c1F. The largest absolute Gasteiger partial charge is 0.348 e. The number of unbranched alkanes of at least 4 members (excludes halogenated alkanes) is 4. The average Bonchev–Trinajstić information content (AvgIpc) is 2.91. The molecule has 1 aliphatic rings. The number of benzene rings is 3. The van der Waals surface area contributed by atoms with Crippen LogP contribution in [0.1, 0.15) is 62.9 Å². The van der Waals surface area contributed by atoms with Crippen molar-refractivity contribution >= 4 is 7.85 Å². The first-order valence-corrected chi connectivity index (χ1v) is 13.1. The summed E-state index contributed by atoms with van der Waals surface area (Å²) in [6.45, 7) is 3.37. The fourth-order valence-electron chi connectivity index (χ4n) is 4.75. The van der Waals surface area contributed by atoms with Crippen molar-refractivity contribution in [2.24, 2.45) is 5.92 Å². The summed E-state index contributed by atoms with van der Waals surface area (Å²) in [6, 6.07) is 15.2. The molecule has 4 rings (SSSR count). The highest BCUT2D eigenvalue weighted by Gasteiger charge is 2.25. The van der Waals surface area contributed by atoms with Gasteiger partial charge >= 0.3 is 0 Å². The molecule has 190 valence electrons. The van der Waals surface area contributed by atoms with Gasteiger partial charge in [-0.25, -0.2) is 13.2 Å². The van der Waals surface area contributed by atoms with E-state index in [2.05, 4.69) is 6.92 Å². The zero-order valence-electron chi connectivity index (χ0n) is 21.2. The quantitative estimate of drug-likeness (QED) is 0.214. The summed E-state index contributed by atoms with van der Waals surface area (Å²) in [4.78, 5) is 0. The summed E-state index contributed by atoms with van der Waals surface area (Å²) >= 11 is 0. The Hall–Kier alpha value is -2.57. The van der Waals surface area contributed by atoms with Crippen molar-refractivity contribution in [2.45, 2.75) is 58.1 Å². The smallest absolute Gasteiger partial charge is 0.186 e. The average molecular weight is 494 g/mol. The monoisotopic (exact) mass is 494 g/mol. The fraction of sp³-hybridized carbons (Fsp3) is 0.400. The Balaban J connectivity index is 1.38. The Morgan fingerprint density at radius 2 is 1.44 bits per heavy atom. The second-order valence-corrected chi connectivity index (χ2v) is 9.63. The van der Waals surface area contributed by atoms with Gasteiger partial charge < -0.3 is 9.47 Å². The highest BCUT2D eigenvalue weighted by Crippen LogP contribution is 2.33. The molecule has 0 N–H and O–H groups in total. The summed E-state index contributed by atoms with van der Waals surface area (Å²) in [5.74, 6) is -1.67. The van der Waals surface area contributed by atoms with Gasteiger partial charge in [0.05, 0.1) is 13.2 Å². The van der Waals surface area contributed by atoms with Gasteiger partial charge in [0.25, 0.3) is 0 Å². The van der Waals surface area contributed by atoms with E-state index in [1.807, 2.05) is 6.07 Å². The molecule has 1 fully saturated rings. The number of ether oxygens (including phenoxy) is 2. The minimum absolute atomic E-state index is 0.212. The summed E-state index contributed by atoms with van der Waals surface area (Å²) in [6.07, 6.45) is 7.02. The molecule has 0 unspecified atom stereocenters. The van der Waals surface area contributed by atoms with E-state index in [1.54, 1.807) is 50.3 Å². The van der Waals surface area contributed by atoms with Gasteiger partial charge in [-0.1, -0.05) is 93.9 Å². The van der Waals surface area contributed by atoms with Crippen molar-refractivity contribution < 1.29 is 22.6 Å². The standard InChI is InChI=1S/C30H34BF3O2/c1-2-3-4-5-6-7-20-18-35-30(36-19-20)26-15-12-23(16-27(26)32)21-8-10-22(11-9-21)25-14-13-24(17-31)28(33)29(25)34/h8-16,20,30H,2-7,17-19,31H2,1H3. The highest BCUT2D eigenvalue weighted by molar-refractivity contribution is 6.08. The minimum Gasteiger partial charge on any atom is -0.348 e. The second-order valence-electron chi connectivity index (χ2n) is 9.63. The van der Waals surface area contributed by atoms with E-state index in [9.17, 15) is 8.78 Å². The van der Waals surface area contributed by atoms with Gasteiger partial charge in [0.2, 0.25) is 0 Å². The molecule has 0 atom stereocenters. The van der Waals surface area contributed by atoms with Crippen LogP contribution in [0.3, 0.4) is 0 Å². The molecule has 6 heteroatoms. The fourth-order valence-corrected chi connectivity index (χ4v) is 4.75. The molecule has 0 aliphatic carbocycles. The molecule has 1 heterocycles. The van der Waals surface area contributed by atoms with Crippen LogP contribution in [0.2, 0.25) is 0 Å². The molecule has 0 spiro atoms. The molecule has 0 aromatic heterocycles. The predicted molar refractivity (Wildman–Crippen MR) is 141 cm³/mol. The van der Waals surface area contributed by atoms with Crippen LogP contribution in [0.5, 0.6) is 0 Å². The van der Waals surface area contributed by atoms with Crippen LogP contribution in [-0.4, -0.2) is 21.1 Å². The van der Waals surface area contributed by atoms with Gasteiger partial charge in [0.1, 0.15) is 13.7 Å². The normalized spacial score (nSPS) is 17.9. The van der Waals surface area contributed by atoms with Crippen LogP contribution in [0.4, 0.5) is 13.2 Å². The Kier molecular flexibility index (Phi) is 9.27. The second kappa shape index (κ2) is 12.6. The molecule has 3 aromatic carbocycles. The molecule has 0 saturated carbocycles. The van der Waals surface area contributed by atoms with Crippen LogP contribution in [-0.2, 0) is 15.8 Å². The summed E-state index contributed by atoms with van der Waals surface area (Å²) in [5.41, 5.74) is 3.00. The zero-order chi connectivity index (χ0) is 25.5. The summed E-state index contributed by atoms with van der Waals surface area (Å²) in [5, 5.41) is 0. The lowest BCUT2D eigenvalue weighted by Gasteiger charge is -2.30. The third-order valence-electron chi connectivity index (χ3n) is 7.01. The van der Waals surface area contributed by atoms with Crippen molar-refractivity contribution in [3.8, 4) is 22.3 Å². The maximum Gasteiger partial charge on any atom is 0.186 e. The van der Waals surface area contributed by atoms with Gasteiger partial charge in [-0.2, -0.15) is 0 Å². The molecule has 0 amide bonds. The number of hydrogen-bond acceptors (Lipinski definition) is 2. The Morgan fingerprint density at radius 1 is 0.778 bits per heavy atom. The number of rotatable bonds is 10. The number of halogens is 3. The van der Waals surface area contributed by atoms with Crippen LogP contribution in [0, 0.1) is 23.4 Å². The lowest BCUT2D eigenvalue weighted by Crippen LogP contribution is -2.27. The molecule has 1 saturated heterocycles. The van der Waals surface area contributed by atoms with Crippen LogP contribution in [0.25, 0.3) is 22.3 Å². The van der Waals surface area contributed by atoms with E-state index in [0.717, 1.165) is 12.0 Å². The predicted octanol–water partition coefficient (Wildman–Crippen LogP) is 7.59. The molecule has 0 bridgehead atoms. The van der Waals surface area contributed by atoms with E-state index in [1.165, 1.54) is 38.2 Å². The van der Waals surface area contributed by atoms with E-state index in [4.69, 9.17) is 9.47 Å². The van der Waals surface area contributed by atoms with Crippen molar-refractivity contribution in [2.75, 3.05) is 13.2 Å². The van der Waals surface area contributed by atoms with E-state index >= 15 is 4.39 Å². The third kappa shape index (κ3) is 6.22. The van der Waals surface area contributed by atoms with Gasteiger partial charge in [-0.3, -0.25) is 0 Å². The number of hydrogen-bond donors (Lipinski definition) is 0. The minimum atomic E-state index is -0.844. The van der Waals surface area contributed by atoms with Gasteiger partial charge in [0.15, 0.2) is 17.9 Å². The first-order chi connectivity index (χ1) is 17.5. The molecule has 1 aliphatic heterocycles. The van der Waals surface area contributed by atoms with E-state index in [-0.39, 0.29) is 11.4 Å². The maximum atomic E-state index is 15.0. The first-order valence-electron chi connectivity index (χ1n) is 13.1. The van der Waals surface area contributed by atoms with Crippen LogP contribution in [0.15, 0.2) is 54.6 Å². The summed E-state index contributed by atoms with van der Waals surface area (Å²) in [7, 11) is 1.79. The van der Waals surface area contributed by atoms with Gasteiger partial charge in [0, 0.05) is 17.0 Å². The van der Waals surface area contributed by atoms with Crippen molar-refractivity contribution in [1.82, 2.24) is 0 Å². The maximum absolute atomic E-state index is 15.0. The zero-order valence-corrected chi connectivity index (χ0v) is 21.2. The molecule has 2 nitrogen and oxygen atoms in total. The molecule has 36 heavy (non-hydrogen) atoms. The molecular weight excluding hydrogens is 460 g/mol. The molecule has 0 radical (unpaired) electrons. The van der Waals surface area contributed by atoms with Crippen molar-refractivity contribution in [3.05, 3.63) is 83.2 Å². The first kappa shape index (κ1) is 26.5. The van der Waals surface area contributed by atoms with E-state index in [0.29, 0.717) is 47.7 Å². The Labute approximate surface area is 213 Å². The molecule has 3 aromatic rings. The van der Waals surface area contributed by atoms with Gasteiger partial charge in [-0.15, -0.1) is 0 Å². The highest BCUT2D eigenvalue weighted by atomic mass is 19.2. The topological polar surface area (TPSA) is 18.5 Å². The van der Waals surface area contributed by atoms with E-state index < -0.39 is 17.9 Å². The van der Waals surface area contributed by atoms with Crippen LogP contribution < -0.4 is 0 Å². The Morgan fingerprint density at radius 3 is 2.11 bits per heavy atom. The van der Waals surface area contributed by atoms with Crippen molar-refractivity contribution in [1.29, 1.82) is 0 Å². The van der Waals surface area contributed by atoms with Gasteiger partial charge in [-0.05, 0) is 34.7 Å². The summed E-state index contributed by atoms with van der Waals surface area (Å²) < 4.78 is 55.4. The third-order valence-corrected chi connectivity index (χ3v) is 7.01. The van der Waals surface area contributed by atoms with Crippen molar-refractivity contribution in [3.63, 3.8) is 0 Å². The molecular formula is C30H34BF3O2.